The van der Waals surface area contributed by atoms with Crippen molar-refractivity contribution in [2.45, 2.75) is 32.1 Å². The standard InChI is InChI=1S/C19H26N2O3/c22-18(23)17-8-12-21(13-9-17)19(24)20-10-6-16(7-11-20)14-15-4-2-1-3-5-15/h1-5,16-17H,6-14H2,(H,22,23). The van der Waals surface area contributed by atoms with Gasteiger partial charge in [-0.25, -0.2) is 4.79 Å². The Balaban J connectivity index is 1.45. The molecule has 1 aromatic carbocycles. The largest absolute Gasteiger partial charge is 0.481 e. The van der Waals surface area contributed by atoms with Crippen molar-refractivity contribution in [3.05, 3.63) is 35.9 Å². The molecule has 0 bridgehead atoms. The minimum Gasteiger partial charge on any atom is -0.481 e. The highest BCUT2D eigenvalue weighted by Gasteiger charge is 2.31. The van der Waals surface area contributed by atoms with E-state index in [0.29, 0.717) is 31.8 Å². The van der Waals surface area contributed by atoms with Crippen LogP contribution in [0.5, 0.6) is 0 Å². The zero-order chi connectivity index (χ0) is 16.9. The van der Waals surface area contributed by atoms with Gasteiger partial charge >= 0.3 is 12.0 Å². The van der Waals surface area contributed by atoms with Gasteiger partial charge < -0.3 is 14.9 Å². The molecular weight excluding hydrogens is 304 g/mol. The highest BCUT2D eigenvalue weighted by Crippen LogP contribution is 2.24. The Morgan fingerprint density at radius 2 is 1.46 bits per heavy atom. The number of hydrogen-bond acceptors (Lipinski definition) is 2. The molecule has 0 unspecified atom stereocenters. The van der Waals surface area contributed by atoms with E-state index in [4.69, 9.17) is 5.11 Å². The monoisotopic (exact) mass is 330 g/mol. The minimum atomic E-state index is -0.733. The second kappa shape index (κ2) is 7.69. The van der Waals surface area contributed by atoms with Crippen molar-refractivity contribution < 1.29 is 14.7 Å². The molecule has 0 saturated carbocycles. The van der Waals surface area contributed by atoms with Crippen LogP contribution in [0, 0.1) is 11.8 Å². The number of rotatable bonds is 3. The average Bonchev–Trinajstić information content (AvgIpc) is 2.63. The quantitative estimate of drug-likeness (QED) is 0.927. The molecule has 2 aliphatic heterocycles. The van der Waals surface area contributed by atoms with E-state index < -0.39 is 5.97 Å². The van der Waals surface area contributed by atoms with E-state index in [9.17, 15) is 9.59 Å². The molecule has 1 aromatic rings. The van der Waals surface area contributed by atoms with Crippen LogP contribution in [0.2, 0.25) is 0 Å². The number of urea groups is 1. The molecule has 3 rings (SSSR count). The number of carboxylic acid groups (broad SMARTS) is 1. The lowest BCUT2D eigenvalue weighted by atomic mass is 9.90. The lowest BCUT2D eigenvalue weighted by Crippen LogP contribution is -2.49. The topological polar surface area (TPSA) is 60.9 Å². The number of carbonyl (C=O) groups is 2. The molecule has 5 nitrogen and oxygen atoms in total. The Morgan fingerprint density at radius 1 is 0.917 bits per heavy atom. The summed E-state index contributed by atoms with van der Waals surface area (Å²) in [6, 6.07) is 10.6. The summed E-state index contributed by atoms with van der Waals surface area (Å²) in [6.45, 7) is 2.77. The molecule has 0 spiro atoms. The van der Waals surface area contributed by atoms with Gasteiger partial charge in [0.15, 0.2) is 0 Å². The normalized spacial score (nSPS) is 20.2. The third kappa shape index (κ3) is 4.08. The zero-order valence-electron chi connectivity index (χ0n) is 14.1. The molecule has 2 heterocycles. The van der Waals surface area contributed by atoms with Gasteiger partial charge in [-0.3, -0.25) is 4.79 Å². The summed E-state index contributed by atoms with van der Waals surface area (Å²) in [6.07, 6.45) is 4.34. The van der Waals surface area contributed by atoms with Gasteiger partial charge in [0, 0.05) is 26.2 Å². The maximum Gasteiger partial charge on any atom is 0.319 e. The summed E-state index contributed by atoms with van der Waals surface area (Å²) in [5.74, 6) is -0.372. The molecule has 2 saturated heterocycles. The van der Waals surface area contributed by atoms with Gasteiger partial charge in [0.1, 0.15) is 0 Å². The number of nitrogens with zero attached hydrogens (tertiary/aromatic N) is 2. The van der Waals surface area contributed by atoms with E-state index in [-0.39, 0.29) is 11.9 Å². The van der Waals surface area contributed by atoms with Crippen molar-refractivity contribution in [2.75, 3.05) is 26.2 Å². The Hall–Kier alpha value is -2.04. The second-order valence-corrected chi connectivity index (χ2v) is 7.00. The second-order valence-electron chi connectivity index (χ2n) is 7.00. The predicted octanol–water partition coefficient (Wildman–Crippen LogP) is 2.86. The summed E-state index contributed by atoms with van der Waals surface area (Å²) in [5.41, 5.74) is 1.37. The van der Waals surface area contributed by atoms with Crippen molar-refractivity contribution in [1.29, 1.82) is 0 Å². The van der Waals surface area contributed by atoms with Gasteiger partial charge in [0.05, 0.1) is 5.92 Å². The number of likely N-dealkylation sites (tertiary alicyclic amines) is 2. The number of hydrogen-bond donors (Lipinski definition) is 1. The summed E-state index contributed by atoms with van der Waals surface area (Å²) in [4.78, 5) is 27.4. The van der Waals surface area contributed by atoms with E-state index >= 15 is 0 Å². The van der Waals surface area contributed by atoms with E-state index in [0.717, 1.165) is 32.4 Å². The van der Waals surface area contributed by atoms with E-state index in [2.05, 4.69) is 24.3 Å². The predicted molar refractivity (Wildman–Crippen MR) is 91.8 cm³/mol. The Kier molecular flexibility index (Phi) is 5.38. The van der Waals surface area contributed by atoms with Crippen molar-refractivity contribution in [3.8, 4) is 0 Å². The molecule has 2 fully saturated rings. The van der Waals surface area contributed by atoms with Gasteiger partial charge in [0.25, 0.3) is 0 Å². The van der Waals surface area contributed by atoms with E-state index in [1.165, 1.54) is 5.56 Å². The molecule has 0 atom stereocenters. The van der Waals surface area contributed by atoms with Gasteiger partial charge in [0.2, 0.25) is 0 Å². The highest BCUT2D eigenvalue weighted by atomic mass is 16.4. The van der Waals surface area contributed by atoms with Crippen LogP contribution in [0.15, 0.2) is 30.3 Å². The van der Waals surface area contributed by atoms with Crippen LogP contribution in [0.25, 0.3) is 0 Å². The van der Waals surface area contributed by atoms with Crippen LogP contribution in [0.4, 0.5) is 4.79 Å². The van der Waals surface area contributed by atoms with Crippen LogP contribution < -0.4 is 0 Å². The molecular formula is C19H26N2O3. The summed E-state index contributed by atoms with van der Waals surface area (Å²) in [5, 5.41) is 9.05. The maximum atomic E-state index is 12.6. The molecule has 2 amide bonds. The first kappa shape index (κ1) is 16.8. The fourth-order valence-corrected chi connectivity index (χ4v) is 3.79. The number of piperidine rings is 2. The Morgan fingerprint density at radius 3 is 2.00 bits per heavy atom. The van der Waals surface area contributed by atoms with Gasteiger partial charge in [-0.15, -0.1) is 0 Å². The van der Waals surface area contributed by atoms with E-state index in [1.807, 2.05) is 15.9 Å². The fourth-order valence-electron chi connectivity index (χ4n) is 3.79. The summed E-state index contributed by atoms with van der Waals surface area (Å²) < 4.78 is 0. The lowest BCUT2D eigenvalue weighted by molar-refractivity contribution is -0.143. The van der Waals surface area contributed by atoms with Crippen LogP contribution in [0.3, 0.4) is 0 Å². The third-order valence-corrected chi connectivity index (χ3v) is 5.37. The molecule has 0 aliphatic carbocycles. The summed E-state index contributed by atoms with van der Waals surface area (Å²) in [7, 11) is 0. The first-order valence-corrected chi connectivity index (χ1v) is 8.94. The van der Waals surface area contributed by atoms with Crippen molar-refractivity contribution in [1.82, 2.24) is 9.80 Å². The number of aliphatic carboxylic acids is 1. The number of carboxylic acids is 1. The van der Waals surface area contributed by atoms with Crippen molar-refractivity contribution in [2.24, 2.45) is 11.8 Å². The molecule has 24 heavy (non-hydrogen) atoms. The van der Waals surface area contributed by atoms with Gasteiger partial charge in [-0.05, 0) is 43.6 Å². The first-order chi connectivity index (χ1) is 11.6. The smallest absolute Gasteiger partial charge is 0.319 e. The summed E-state index contributed by atoms with van der Waals surface area (Å²) >= 11 is 0. The number of carbonyl (C=O) groups excluding carboxylic acids is 1. The molecule has 5 heteroatoms. The van der Waals surface area contributed by atoms with Crippen molar-refractivity contribution in [3.63, 3.8) is 0 Å². The SMILES string of the molecule is O=C(O)C1CCN(C(=O)N2CCC(Cc3ccccc3)CC2)CC1. The average molecular weight is 330 g/mol. The third-order valence-electron chi connectivity index (χ3n) is 5.37. The minimum absolute atomic E-state index is 0.0944. The fraction of sp³-hybridized carbons (Fsp3) is 0.579. The van der Waals surface area contributed by atoms with Crippen LogP contribution in [0.1, 0.15) is 31.2 Å². The maximum absolute atomic E-state index is 12.6. The van der Waals surface area contributed by atoms with E-state index in [1.54, 1.807) is 0 Å². The van der Waals surface area contributed by atoms with Gasteiger partial charge in [-0.1, -0.05) is 30.3 Å². The molecule has 130 valence electrons. The lowest BCUT2D eigenvalue weighted by Gasteiger charge is -2.38. The molecule has 1 N–H and O–H groups in total. The molecule has 2 aliphatic rings. The Labute approximate surface area is 143 Å². The zero-order valence-corrected chi connectivity index (χ0v) is 14.1. The highest BCUT2D eigenvalue weighted by molar-refractivity contribution is 5.75. The Bertz CT molecular complexity index is 559. The van der Waals surface area contributed by atoms with Crippen molar-refractivity contribution >= 4 is 12.0 Å². The molecule has 0 aromatic heterocycles. The number of amides is 2. The number of benzene rings is 1. The van der Waals surface area contributed by atoms with Gasteiger partial charge in [-0.2, -0.15) is 0 Å². The first-order valence-electron chi connectivity index (χ1n) is 8.94. The van der Waals surface area contributed by atoms with Crippen LogP contribution in [-0.4, -0.2) is 53.1 Å². The van der Waals surface area contributed by atoms with Crippen LogP contribution >= 0.6 is 0 Å². The van der Waals surface area contributed by atoms with Crippen LogP contribution in [-0.2, 0) is 11.2 Å². The molecule has 0 radical (unpaired) electrons.